The molecule has 0 aliphatic carbocycles. The standard InChI is InChI=1S/C10H16N6O2S/c1-19(17,18)6-2-3-12-9-10-13-4-5-16(10)7-8(14-9)15-11/h4-5,7,15H,2-3,6,11H2,1H3,(H,12,14). The predicted molar refractivity (Wildman–Crippen MR) is 73.6 cm³/mol. The maximum Gasteiger partial charge on any atom is 0.180 e. The Bertz CT molecular complexity index is 666. The number of rotatable bonds is 6. The molecule has 0 aromatic carbocycles. The fourth-order valence-corrected chi connectivity index (χ4v) is 2.33. The second-order valence-corrected chi connectivity index (χ2v) is 6.45. The second kappa shape index (κ2) is 5.41. The van der Waals surface area contributed by atoms with Crippen LogP contribution in [0.4, 0.5) is 11.6 Å². The molecule has 4 N–H and O–H groups in total. The number of nitrogen functional groups attached to an aromatic ring is 1. The highest BCUT2D eigenvalue weighted by Crippen LogP contribution is 2.15. The fourth-order valence-electron chi connectivity index (χ4n) is 1.66. The van der Waals surface area contributed by atoms with Gasteiger partial charge in [-0.05, 0) is 6.42 Å². The summed E-state index contributed by atoms with van der Waals surface area (Å²) in [5.41, 5.74) is 3.13. The summed E-state index contributed by atoms with van der Waals surface area (Å²) in [6.07, 6.45) is 6.87. The number of imidazole rings is 1. The number of aromatic nitrogens is 3. The molecule has 0 saturated heterocycles. The summed E-state index contributed by atoms with van der Waals surface area (Å²) in [6.45, 7) is 0.497. The highest BCUT2D eigenvalue weighted by molar-refractivity contribution is 7.90. The molecule has 2 aromatic heterocycles. The van der Waals surface area contributed by atoms with Crippen molar-refractivity contribution in [1.29, 1.82) is 0 Å². The molecule has 9 heteroatoms. The van der Waals surface area contributed by atoms with E-state index in [2.05, 4.69) is 20.7 Å². The van der Waals surface area contributed by atoms with Gasteiger partial charge in [-0.15, -0.1) is 0 Å². The van der Waals surface area contributed by atoms with Gasteiger partial charge in [0.2, 0.25) is 0 Å². The van der Waals surface area contributed by atoms with Crippen LogP contribution in [0.5, 0.6) is 0 Å². The van der Waals surface area contributed by atoms with Crippen LogP contribution in [-0.2, 0) is 9.84 Å². The van der Waals surface area contributed by atoms with Gasteiger partial charge in [-0.25, -0.2) is 24.2 Å². The van der Waals surface area contributed by atoms with Crippen LogP contribution in [0.15, 0.2) is 18.6 Å². The predicted octanol–water partition coefficient (Wildman–Crippen LogP) is -0.138. The first-order valence-corrected chi connectivity index (χ1v) is 7.77. The smallest absolute Gasteiger partial charge is 0.180 e. The Balaban J connectivity index is 2.09. The molecule has 2 rings (SSSR count). The zero-order chi connectivity index (χ0) is 13.9. The molecule has 104 valence electrons. The maximum atomic E-state index is 11.0. The topological polar surface area (TPSA) is 114 Å². The van der Waals surface area contributed by atoms with E-state index in [-0.39, 0.29) is 5.75 Å². The van der Waals surface area contributed by atoms with Gasteiger partial charge in [0.15, 0.2) is 17.3 Å². The van der Waals surface area contributed by atoms with Crippen molar-refractivity contribution in [1.82, 2.24) is 14.4 Å². The van der Waals surface area contributed by atoms with Gasteiger partial charge in [-0.3, -0.25) is 0 Å². The zero-order valence-electron chi connectivity index (χ0n) is 10.5. The minimum atomic E-state index is -2.94. The van der Waals surface area contributed by atoms with E-state index in [0.29, 0.717) is 30.2 Å². The summed E-state index contributed by atoms with van der Waals surface area (Å²) in [6, 6.07) is 0. The third-order valence-corrected chi connectivity index (χ3v) is 3.54. The molecule has 2 heterocycles. The number of hydrazine groups is 1. The van der Waals surface area contributed by atoms with Gasteiger partial charge < -0.3 is 15.1 Å². The molecule has 19 heavy (non-hydrogen) atoms. The second-order valence-electron chi connectivity index (χ2n) is 4.19. The number of anilines is 2. The van der Waals surface area contributed by atoms with E-state index >= 15 is 0 Å². The van der Waals surface area contributed by atoms with Crippen LogP contribution in [0.1, 0.15) is 6.42 Å². The van der Waals surface area contributed by atoms with Crippen molar-refractivity contribution in [3.05, 3.63) is 18.6 Å². The summed E-state index contributed by atoms with van der Waals surface area (Å²) in [5, 5.41) is 3.07. The number of hydrogen-bond donors (Lipinski definition) is 3. The van der Waals surface area contributed by atoms with Crippen molar-refractivity contribution in [3.63, 3.8) is 0 Å². The summed E-state index contributed by atoms with van der Waals surface area (Å²) in [5.74, 6) is 6.54. The molecular weight excluding hydrogens is 268 g/mol. The Hall–Kier alpha value is -1.87. The molecule has 0 aliphatic heterocycles. The van der Waals surface area contributed by atoms with Crippen molar-refractivity contribution in [3.8, 4) is 0 Å². The Morgan fingerprint density at radius 3 is 2.95 bits per heavy atom. The minimum absolute atomic E-state index is 0.138. The number of nitrogens with zero attached hydrogens (tertiary/aromatic N) is 3. The minimum Gasteiger partial charge on any atom is -0.367 e. The third kappa shape index (κ3) is 3.55. The van der Waals surface area contributed by atoms with E-state index < -0.39 is 9.84 Å². The molecule has 8 nitrogen and oxygen atoms in total. The van der Waals surface area contributed by atoms with Crippen molar-refractivity contribution < 1.29 is 8.42 Å². The highest BCUT2D eigenvalue weighted by Gasteiger charge is 2.07. The van der Waals surface area contributed by atoms with Crippen molar-refractivity contribution in [2.75, 3.05) is 29.3 Å². The van der Waals surface area contributed by atoms with Crippen LogP contribution in [-0.4, -0.2) is 41.3 Å². The fraction of sp³-hybridized carbons (Fsp3) is 0.400. The van der Waals surface area contributed by atoms with E-state index in [1.54, 1.807) is 23.0 Å². The normalized spacial score (nSPS) is 11.7. The highest BCUT2D eigenvalue weighted by atomic mass is 32.2. The molecule has 0 saturated carbocycles. The van der Waals surface area contributed by atoms with E-state index in [0.717, 1.165) is 0 Å². The SMILES string of the molecule is CS(=O)(=O)CCCNc1nc(NN)cn2ccnc12. The van der Waals surface area contributed by atoms with Gasteiger partial charge in [0.25, 0.3) is 0 Å². The lowest BCUT2D eigenvalue weighted by Gasteiger charge is -2.08. The summed E-state index contributed by atoms with van der Waals surface area (Å²) in [7, 11) is -2.94. The van der Waals surface area contributed by atoms with E-state index in [9.17, 15) is 8.42 Å². The Kier molecular flexibility index (Phi) is 3.86. The van der Waals surface area contributed by atoms with Crippen LogP contribution in [0.25, 0.3) is 5.65 Å². The first kappa shape index (κ1) is 13.6. The van der Waals surface area contributed by atoms with Crippen molar-refractivity contribution in [2.24, 2.45) is 5.84 Å². The number of sulfone groups is 1. The number of nitrogens with two attached hydrogens (primary N) is 1. The molecule has 0 aliphatic rings. The Labute approximate surface area is 110 Å². The summed E-state index contributed by atoms with van der Waals surface area (Å²) >= 11 is 0. The van der Waals surface area contributed by atoms with Crippen LogP contribution >= 0.6 is 0 Å². The molecular formula is C10H16N6O2S. The van der Waals surface area contributed by atoms with Crippen LogP contribution < -0.4 is 16.6 Å². The van der Waals surface area contributed by atoms with E-state index in [4.69, 9.17) is 5.84 Å². The first-order valence-electron chi connectivity index (χ1n) is 5.71. The van der Waals surface area contributed by atoms with Gasteiger partial charge >= 0.3 is 0 Å². The number of nitrogens with one attached hydrogen (secondary N) is 2. The molecule has 0 spiro atoms. The van der Waals surface area contributed by atoms with Gasteiger partial charge in [0.05, 0.1) is 11.9 Å². The lowest BCUT2D eigenvalue weighted by molar-refractivity contribution is 0.600. The van der Waals surface area contributed by atoms with Crippen molar-refractivity contribution in [2.45, 2.75) is 6.42 Å². The Morgan fingerprint density at radius 2 is 2.26 bits per heavy atom. The largest absolute Gasteiger partial charge is 0.367 e. The molecule has 0 unspecified atom stereocenters. The van der Waals surface area contributed by atoms with Crippen molar-refractivity contribution >= 4 is 27.1 Å². The summed E-state index contributed by atoms with van der Waals surface area (Å²) < 4.78 is 23.8. The van der Waals surface area contributed by atoms with E-state index in [1.807, 2.05) is 0 Å². The lowest BCUT2D eigenvalue weighted by Crippen LogP contribution is -2.14. The van der Waals surface area contributed by atoms with Crippen LogP contribution in [0.2, 0.25) is 0 Å². The van der Waals surface area contributed by atoms with Gasteiger partial charge in [0, 0.05) is 25.2 Å². The molecule has 2 aromatic rings. The number of hydrogen-bond acceptors (Lipinski definition) is 7. The molecule has 0 fully saturated rings. The average Bonchev–Trinajstić information content (AvgIpc) is 2.81. The summed E-state index contributed by atoms with van der Waals surface area (Å²) in [4.78, 5) is 8.42. The quantitative estimate of drug-likeness (QED) is 0.384. The number of fused-ring (bicyclic) bond motifs is 1. The van der Waals surface area contributed by atoms with E-state index in [1.165, 1.54) is 6.26 Å². The maximum absolute atomic E-state index is 11.0. The van der Waals surface area contributed by atoms with Crippen LogP contribution in [0, 0.1) is 0 Å². The molecule has 0 radical (unpaired) electrons. The first-order chi connectivity index (χ1) is 8.99. The molecule has 0 atom stereocenters. The van der Waals surface area contributed by atoms with Gasteiger partial charge in [-0.2, -0.15) is 0 Å². The monoisotopic (exact) mass is 284 g/mol. The third-order valence-electron chi connectivity index (χ3n) is 2.51. The molecule has 0 bridgehead atoms. The average molecular weight is 284 g/mol. The van der Waals surface area contributed by atoms with Crippen LogP contribution in [0.3, 0.4) is 0 Å². The zero-order valence-corrected chi connectivity index (χ0v) is 11.3. The van der Waals surface area contributed by atoms with Gasteiger partial charge in [-0.1, -0.05) is 0 Å². The Morgan fingerprint density at radius 1 is 1.47 bits per heavy atom. The van der Waals surface area contributed by atoms with Gasteiger partial charge in [0.1, 0.15) is 9.84 Å². The lowest BCUT2D eigenvalue weighted by atomic mass is 10.4. The molecule has 0 amide bonds.